The van der Waals surface area contributed by atoms with Gasteiger partial charge in [-0.25, -0.2) is 0 Å². The van der Waals surface area contributed by atoms with Gasteiger partial charge in [-0.2, -0.15) is 0 Å². The molecule has 0 aliphatic heterocycles. The molecule has 94 valence electrons. The van der Waals surface area contributed by atoms with Crippen molar-refractivity contribution in [1.82, 2.24) is 0 Å². The molecule has 18 heavy (non-hydrogen) atoms. The van der Waals surface area contributed by atoms with Crippen molar-refractivity contribution in [3.63, 3.8) is 0 Å². The molecule has 0 saturated carbocycles. The van der Waals surface area contributed by atoms with Gasteiger partial charge in [-0.3, -0.25) is 4.79 Å². The lowest BCUT2D eigenvalue weighted by Gasteiger charge is -2.31. The summed E-state index contributed by atoms with van der Waals surface area (Å²) in [6.07, 6.45) is 5.87. The van der Waals surface area contributed by atoms with Gasteiger partial charge in [0.2, 0.25) is 0 Å². The molecule has 1 aliphatic carbocycles. The second-order valence-corrected chi connectivity index (χ2v) is 5.72. The topological polar surface area (TPSA) is 17.1 Å². The molecule has 1 aliphatic rings. The molecule has 0 radical (unpaired) electrons. The molecule has 2 rings (SSSR count). The molecule has 0 spiro atoms. The van der Waals surface area contributed by atoms with Crippen LogP contribution in [0.1, 0.15) is 50.8 Å². The number of rotatable bonds is 2. The van der Waals surface area contributed by atoms with Gasteiger partial charge in [0, 0.05) is 0 Å². The lowest BCUT2D eigenvalue weighted by atomic mass is 9.73. The van der Waals surface area contributed by atoms with Crippen LogP contribution in [-0.2, 0) is 10.2 Å². The number of allylic oxidation sites excluding steroid dienone is 4. The first kappa shape index (κ1) is 12.8. The van der Waals surface area contributed by atoms with E-state index in [0.29, 0.717) is 0 Å². The largest absolute Gasteiger partial charge is 0.299 e. The maximum absolute atomic E-state index is 10.6. The number of carbonyl (C=O) groups is 1. The van der Waals surface area contributed by atoms with Crippen LogP contribution in [0.2, 0.25) is 0 Å². The molecule has 0 amide bonds. The zero-order valence-corrected chi connectivity index (χ0v) is 11.6. The molecule has 0 aromatic heterocycles. The molecule has 0 bridgehead atoms. The Morgan fingerprint density at radius 2 is 2.06 bits per heavy atom. The monoisotopic (exact) mass is 240 g/mol. The van der Waals surface area contributed by atoms with Crippen LogP contribution in [0.15, 0.2) is 30.4 Å². The summed E-state index contributed by atoms with van der Waals surface area (Å²) in [4.78, 5) is 10.6. The highest BCUT2D eigenvalue weighted by Gasteiger charge is 2.26. The zero-order chi connectivity index (χ0) is 13.3. The van der Waals surface area contributed by atoms with Crippen molar-refractivity contribution in [3.8, 4) is 0 Å². The molecular weight excluding hydrogens is 220 g/mol. The SMILES string of the molecule is CC1=CCC(C)(C)c2ccc(/C(C)=C/C=O)cc21. The molecule has 0 N–H and O–H groups in total. The fraction of sp³-hybridized carbons (Fsp3) is 0.353. The molecule has 0 atom stereocenters. The highest BCUT2D eigenvalue weighted by atomic mass is 16.1. The van der Waals surface area contributed by atoms with Crippen molar-refractivity contribution in [2.24, 2.45) is 0 Å². The Kier molecular flexibility index (Phi) is 3.25. The van der Waals surface area contributed by atoms with Crippen LogP contribution in [0.3, 0.4) is 0 Å². The predicted molar refractivity (Wildman–Crippen MR) is 77.5 cm³/mol. The van der Waals surface area contributed by atoms with Gasteiger partial charge in [0.25, 0.3) is 0 Å². The van der Waals surface area contributed by atoms with Crippen LogP contribution >= 0.6 is 0 Å². The van der Waals surface area contributed by atoms with Gasteiger partial charge in [-0.1, -0.05) is 32.1 Å². The Morgan fingerprint density at radius 3 is 2.72 bits per heavy atom. The first-order chi connectivity index (χ1) is 8.45. The van der Waals surface area contributed by atoms with Gasteiger partial charge in [-0.05, 0) is 65.7 Å². The van der Waals surface area contributed by atoms with E-state index in [1.54, 1.807) is 6.08 Å². The quantitative estimate of drug-likeness (QED) is 0.554. The van der Waals surface area contributed by atoms with Crippen molar-refractivity contribution in [2.45, 2.75) is 39.5 Å². The van der Waals surface area contributed by atoms with E-state index in [4.69, 9.17) is 0 Å². The van der Waals surface area contributed by atoms with E-state index >= 15 is 0 Å². The summed E-state index contributed by atoms with van der Waals surface area (Å²) in [6, 6.07) is 6.54. The summed E-state index contributed by atoms with van der Waals surface area (Å²) in [7, 11) is 0. The minimum absolute atomic E-state index is 0.204. The summed E-state index contributed by atoms with van der Waals surface area (Å²) in [5.74, 6) is 0. The fourth-order valence-electron chi connectivity index (χ4n) is 2.53. The molecule has 0 fully saturated rings. The Bertz CT molecular complexity index is 545. The number of benzene rings is 1. The summed E-state index contributed by atoms with van der Waals surface area (Å²) >= 11 is 0. The normalized spacial score (nSPS) is 18.0. The Morgan fingerprint density at radius 1 is 1.33 bits per heavy atom. The average Bonchev–Trinajstić information content (AvgIpc) is 2.34. The third-order valence-corrected chi connectivity index (χ3v) is 3.87. The molecule has 1 aromatic rings. The number of hydrogen-bond acceptors (Lipinski definition) is 1. The average molecular weight is 240 g/mol. The van der Waals surface area contributed by atoms with Crippen LogP contribution in [0.4, 0.5) is 0 Å². The number of carbonyl (C=O) groups excluding carboxylic acids is 1. The Labute approximate surface area is 109 Å². The lowest BCUT2D eigenvalue weighted by Crippen LogP contribution is -2.21. The van der Waals surface area contributed by atoms with Crippen molar-refractivity contribution in [2.75, 3.05) is 0 Å². The molecule has 0 unspecified atom stereocenters. The summed E-state index contributed by atoms with van der Waals surface area (Å²) in [5, 5.41) is 0. The molecule has 0 saturated heterocycles. The molecule has 1 heteroatoms. The highest BCUT2D eigenvalue weighted by Crippen LogP contribution is 2.39. The van der Waals surface area contributed by atoms with Crippen LogP contribution < -0.4 is 0 Å². The van der Waals surface area contributed by atoms with E-state index in [-0.39, 0.29) is 5.41 Å². The summed E-state index contributed by atoms with van der Waals surface area (Å²) < 4.78 is 0. The Balaban J connectivity index is 2.57. The van der Waals surface area contributed by atoms with E-state index < -0.39 is 0 Å². The minimum Gasteiger partial charge on any atom is -0.299 e. The number of hydrogen-bond donors (Lipinski definition) is 0. The second-order valence-electron chi connectivity index (χ2n) is 5.72. The lowest BCUT2D eigenvalue weighted by molar-refractivity contribution is -0.104. The van der Waals surface area contributed by atoms with Crippen LogP contribution in [0.25, 0.3) is 11.1 Å². The third kappa shape index (κ3) is 2.17. The van der Waals surface area contributed by atoms with Gasteiger partial charge in [0.15, 0.2) is 0 Å². The maximum atomic E-state index is 10.6. The number of aldehydes is 1. The first-order valence-electron chi connectivity index (χ1n) is 6.40. The summed E-state index contributed by atoms with van der Waals surface area (Å²) in [5.41, 5.74) is 6.42. The highest BCUT2D eigenvalue weighted by molar-refractivity contribution is 5.82. The van der Waals surface area contributed by atoms with Crippen molar-refractivity contribution < 1.29 is 4.79 Å². The van der Waals surface area contributed by atoms with Gasteiger partial charge in [0.05, 0.1) is 0 Å². The second kappa shape index (κ2) is 4.56. The predicted octanol–water partition coefficient (Wildman–Crippen LogP) is 4.37. The standard InChI is InChI=1S/C17H20O/c1-12(8-10-18)14-5-6-16-15(11-14)13(2)7-9-17(16,3)4/h5-8,10-11H,9H2,1-4H3/b12-8+. The van der Waals surface area contributed by atoms with Gasteiger partial charge in [0.1, 0.15) is 6.29 Å². The van der Waals surface area contributed by atoms with E-state index in [1.807, 2.05) is 6.92 Å². The van der Waals surface area contributed by atoms with Crippen LogP contribution in [0.5, 0.6) is 0 Å². The minimum atomic E-state index is 0.204. The molecule has 1 nitrogen and oxygen atoms in total. The van der Waals surface area contributed by atoms with Gasteiger partial charge >= 0.3 is 0 Å². The van der Waals surface area contributed by atoms with E-state index in [9.17, 15) is 4.79 Å². The van der Waals surface area contributed by atoms with E-state index in [0.717, 1.165) is 23.8 Å². The van der Waals surface area contributed by atoms with Crippen molar-refractivity contribution >= 4 is 17.4 Å². The van der Waals surface area contributed by atoms with Crippen molar-refractivity contribution in [1.29, 1.82) is 0 Å². The molecule has 0 heterocycles. The Hall–Kier alpha value is -1.63. The summed E-state index contributed by atoms with van der Waals surface area (Å²) in [6.45, 7) is 8.70. The maximum Gasteiger partial charge on any atom is 0.143 e. The zero-order valence-electron chi connectivity index (χ0n) is 11.6. The molecular formula is C17H20O. The molecule has 1 aromatic carbocycles. The first-order valence-corrected chi connectivity index (χ1v) is 6.40. The van der Waals surface area contributed by atoms with Crippen molar-refractivity contribution in [3.05, 3.63) is 47.0 Å². The van der Waals surface area contributed by atoms with E-state index in [1.165, 1.54) is 16.7 Å². The smallest absolute Gasteiger partial charge is 0.143 e. The third-order valence-electron chi connectivity index (χ3n) is 3.87. The number of fused-ring (bicyclic) bond motifs is 1. The van der Waals surface area contributed by atoms with E-state index in [2.05, 4.69) is 45.0 Å². The van der Waals surface area contributed by atoms with Crippen LogP contribution in [0, 0.1) is 0 Å². The van der Waals surface area contributed by atoms with Crippen LogP contribution in [-0.4, -0.2) is 6.29 Å². The van der Waals surface area contributed by atoms with Gasteiger partial charge < -0.3 is 0 Å². The fourth-order valence-corrected chi connectivity index (χ4v) is 2.53. The van der Waals surface area contributed by atoms with Gasteiger partial charge in [-0.15, -0.1) is 0 Å².